The molecule has 22 heavy (non-hydrogen) atoms. The largest absolute Gasteiger partial charge is 0.317 e. The molecule has 1 aromatic heterocycles. The van der Waals surface area contributed by atoms with Crippen LogP contribution in [0.15, 0.2) is 0 Å². The van der Waals surface area contributed by atoms with Gasteiger partial charge in [-0.15, -0.1) is 23.7 Å². The summed E-state index contributed by atoms with van der Waals surface area (Å²) in [5.41, 5.74) is 2.84. The van der Waals surface area contributed by atoms with Crippen LogP contribution in [0.2, 0.25) is 0 Å². The first-order valence-electron chi connectivity index (χ1n) is 8.35. The Morgan fingerprint density at radius 2 is 2.00 bits per heavy atom. The number of carbonyl (C=O) groups excluding carboxylic acids is 1. The van der Waals surface area contributed by atoms with Gasteiger partial charge in [-0.1, -0.05) is 0 Å². The summed E-state index contributed by atoms with van der Waals surface area (Å²) < 4.78 is 0. The van der Waals surface area contributed by atoms with E-state index in [0.717, 1.165) is 30.4 Å². The van der Waals surface area contributed by atoms with E-state index in [2.05, 4.69) is 17.6 Å². The molecule has 2 aliphatic rings. The van der Waals surface area contributed by atoms with Gasteiger partial charge in [0.1, 0.15) is 0 Å². The number of piperidine rings is 1. The van der Waals surface area contributed by atoms with Crippen LogP contribution in [-0.4, -0.2) is 19.0 Å². The summed E-state index contributed by atoms with van der Waals surface area (Å²) in [6.45, 7) is 4.40. The molecule has 1 amide bonds. The summed E-state index contributed by atoms with van der Waals surface area (Å²) in [5.74, 6) is 0.935. The summed E-state index contributed by atoms with van der Waals surface area (Å²) in [6, 6.07) is 0. The lowest BCUT2D eigenvalue weighted by molar-refractivity contribution is -0.116. The highest BCUT2D eigenvalue weighted by molar-refractivity contribution is 7.16. The molecule has 1 aromatic rings. The van der Waals surface area contributed by atoms with E-state index in [1.54, 1.807) is 0 Å². The molecule has 1 aliphatic heterocycles. The van der Waals surface area contributed by atoms with Crippen molar-refractivity contribution in [2.75, 3.05) is 18.4 Å². The van der Waals surface area contributed by atoms with Gasteiger partial charge in [0, 0.05) is 11.3 Å². The number of nitrogens with one attached hydrogen (secondary N) is 2. The summed E-state index contributed by atoms with van der Waals surface area (Å²) in [4.78, 5) is 13.7. The van der Waals surface area contributed by atoms with Gasteiger partial charge >= 0.3 is 0 Å². The van der Waals surface area contributed by atoms with E-state index in [4.69, 9.17) is 0 Å². The molecule has 3 nitrogen and oxygen atoms in total. The molecule has 0 atom stereocenters. The zero-order valence-corrected chi connectivity index (χ0v) is 15.0. The third kappa shape index (κ3) is 4.24. The normalized spacial score (nSPS) is 18.4. The standard InChI is InChI=1S/C17H26N2OS.ClH/c1-12-14-4-2-3-5-15(14)21-17(12)19-16(20)7-6-13-8-10-18-11-9-13;/h13,18H,2-11H2,1H3,(H,19,20);1H. The van der Waals surface area contributed by atoms with Crippen molar-refractivity contribution >= 4 is 34.7 Å². The van der Waals surface area contributed by atoms with Crippen LogP contribution in [0, 0.1) is 12.8 Å². The SMILES string of the molecule is Cc1c(NC(=O)CCC2CCNCC2)sc2c1CCCC2.Cl. The molecule has 1 saturated heterocycles. The zero-order chi connectivity index (χ0) is 14.7. The third-order valence-corrected chi connectivity index (χ3v) is 6.24. The van der Waals surface area contributed by atoms with Gasteiger partial charge in [-0.3, -0.25) is 4.79 Å². The van der Waals surface area contributed by atoms with Gasteiger partial charge < -0.3 is 10.6 Å². The molecular weight excluding hydrogens is 316 g/mol. The van der Waals surface area contributed by atoms with Crippen molar-refractivity contribution in [1.82, 2.24) is 5.32 Å². The predicted octanol–water partition coefficient (Wildman–Crippen LogP) is 4.08. The van der Waals surface area contributed by atoms with E-state index in [1.165, 1.54) is 54.5 Å². The quantitative estimate of drug-likeness (QED) is 0.865. The highest BCUT2D eigenvalue weighted by atomic mass is 35.5. The molecule has 0 unspecified atom stereocenters. The molecule has 1 aliphatic carbocycles. The van der Waals surface area contributed by atoms with Gasteiger partial charge in [-0.2, -0.15) is 0 Å². The lowest BCUT2D eigenvalue weighted by atomic mass is 9.93. The predicted molar refractivity (Wildman–Crippen MR) is 96.4 cm³/mol. The van der Waals surface area contributed by atoms with Crippen LogP contribution in [0.1, 0.15) is 54.5 Å². The minimum atomic E-state index is 0. The van der Waals surface area contributed by atoms with E-state index >= 15 is 0 Å². The number of hydrogen-bond donors (Lipinski definition) is 2. The van der Waals surface area contributed by atoms with Crippen LogP contribution < -0.4 is 10.6 Å². The Kier molecular flexibility index (Phi) is 6.72. The first-order chi connectivity index (χ1) is 10.2. The average Bonchev–Trinajstić information content (AvgIpc) is 2.83. The highest BCUT2D eigenvalue weighted by Gasteiger charge is 2.20. The molecule has 0 spiro atoms. The Hall–Kier alpha value is -0.580. The van der Waals surface area contributed by atoms with Gasteiger partial charge in [0.25, 0.3) is 0 Å². The van der Waals surface area contributed by atoms with E-state index in [-0.39, 0.29) is 18.3 Å². The number of anilines is 1. The maximum absolute atomic E-state index is 12.2. The number of fused-ring (bicyclic) bond motifs is 1. The van der Waals surface area contributed by atoms with Crippen LogP contribution in [0.4, 0.5) is 5.00 Å². The van der Waals surface area contributed by atoms with Crippen LogP contribution >= 0.6 is 23.7 Å². The Bertz CT molecular complexity index is 509. The van der Waals surface area contributed by atoms with E-state index < -0.39 is 0 Å². The second kappa shape index (κ2) is 8.32. The first-order valence-corrected chi connectivity index (χ1v) is 9.17. The van der Waals surface area contributed by atoms with Crippen LogP contribution in [-0.2, 0) is 17.6 Å². The molecule has 0 radical (unpaired) electrons. The topological polar surface area (TPSA) is 41.1 Å². The maximum atomic E-state index is 12.2. The molecular formula is C17H27ClN2OS. The van der Waals surface area contributed by atoms with Crippen molar-refractivity contribution in [3.8, 4) is 0 Å². The first kappa shape index (κ1) is 17.8. The number of hydrogen-bond acceptors (Lipinski definition) is 3. The summed E-state index contributed by atoms with van der Waals surface area (Å²) in [5, 5.41) is 7.66. The minimum absolute atomic E-state index is 0. The van der Waals surface area contributed by atoms with Crippen LogP contribution in [0.25, 0.3) is 0 Å². The Morgan fingerprint density at radius 1 is 1.27 bits per heavy atom. The Balaban J connectivity index is 0.00000176. The fourth-order valence-electron chi connectivity index (χ4n) is 3.54. The fourth-order valence-corrected chi connectivity index (χ4v) is 4.85. The van der Waals surface area contributed by atoms with Crippen molar-refractivity contribution in [2.45, 2.75) is 58.3 Å². The molecule has 2 N–H and O–H groups in total. The van der Waals surface area contributed by atoms with Crippen molar-refractivity contribution in [3.63, 3.8) is 0 Å². The average molecular weight is 343 g/mol. The monoisotopic (exact) mass is 342 g/mol. The van der Waals surface area contributed by atoms with Gasteiger partial charge in [0.05, 0.1) is 5.00 Å². The summed E-state index contributed by atoms with van der Waals surface area (Å²) in [6.07, 6.45) is 9.15. The maximum Gasteiger partial charge on any atom is 0.224 e. The van der Waals surface area contributed by atoms with Crippen molar-refractivity contribution in [3.05, 3.63) is 16.0 Å². The van der Waals surface area contributed by atoms with Crippen LogP contribution in [0.5, 0.6) is 0 Å². The lowest BCUT2D eigenvalue weighted by Crippen LogP contribution is -2.28. The smallest absolute Gasteiger partial charge is 0.224 e. The molecule has 5 heteroatoms. The number of thiophene rings is 1. The fraction of sp³-hybridized carbons (Fsp3) is 0.706. The van der Waals surface area contributed by atoms with Crippen molar-refractivity contribution < 1.29 is 4.79 Å². The van der Waals surface area contributed by atoms with Gasteiger partial charge in [0.15, 0.2) is 0 Å². The van der Waals surface area contributed by atoms with E-state index in [1.807, 2.05) is 11.3 Å². The zero-order valence-electron chi connectivity index (χ0n) is 13.4. The number of halogens is 1. The summed E-state index contributed by atoms with van der Waals surface area (Å²) >= 11 is 1.81. The molecule has 0 bridgehead atoms. The minimum Gasteiger partial charge on any atom is -0.317 e. The van der Waals surface area contributed by atoms with E-state index in [9.17, 15) is 4.79 Å². The molecule has 0 saturated carbocycles. The molecule has 124 valence electrons. The van der Waals surface area contributed by atoms with E-state index in [0.29, 0.717) is 6.42 Å². The summed E-state index contributed by atoms with van der Waals surface area (Å²) in [7, 11) is 0. The van der Waals surface area contributed by atoms with Gasteiger partial charge in [-0.25, -0.2) is 0 Å². The third-order valence-electron chi connectivity index (χ3n) is 4.93. The number of carbonyl (C=O) groups is 1. The van der Waals surface area contributed by atoms with Gasteiger partial charge in [-0.05, 0) is 82.0 Å². The van der Waals surface area contributed by atoms with Crippen molar-refractivity contribution in [2.24, 2.45) is 5.92 Å². The van der Waals surface area contributed by atoms with Crippen molar-refractivity contribution in [1.29, 1.82) is 0 Å². The second-order valence-corrected chi connectivity index (χ2v) is 7.55. The molecule has 2 heterocycles. The highest BCUT2D eigenvalue weighted by Crippen LogP contribution is 2.37. The lowest BCUT2D eigenvalue weighted by Gasteiger charge is -2.22. The Labute approximate surface area is 143 Å². The number of amides is 1. The number of rotatable bonds is 4. The Morgan fingerprint density at radius 3 is 2.73 bits per heavy atom. The molecule has 3 rings (SSSR count). The van der Waals surface area contributed by atoms with Gasteiger partial charge in [0.2, 0.25) is 5.91 Å². The second-order valence-electron chi connectivity index (χ2n) is 6.45. The molecule has 0 aromatic carbocycles. The molecule has 1 fully saturated rings. The number of aryl methyl sites for hydroxylation is 1. The van der Waals surface area contributed by atoms with Crippen LogP contribution in [0.3, 0.4) is 0 Å².